The molecule has 0 spiro atoms. The molecule has 42 heavy (non-hydrogen) atoms. The van der Waals surface area contributed by atoms with E-state index in [2.05, 4.69) is 154 Å². The zero-order valence-corrected chi connectivity index (χ0v) is 27.9. The molecule has 0 aliphatic heterocycles. The number of aliphatic hydroxyl groups excluding tert-OH is 2. The molecule has 2 aliphatic rings. The standard InChI is InChI=1S/C40H56O2/c1-29(17-13-19-31(3)21-23-37-33(5)25-35(41)27-39(37,7)8)15-11-12-16-30(2)18-14-20-32(4)22-24-38-34(6)26-36(42)28-40(38,9)10/h11-26,35-38,41-42H,27-28H2,1-10H3/t35-,36-,37-,38-/m0/s1. The normalized spacial score (nSPS) is 28.1. The number of hydrogen-bond acceptors (Lipinski definition) is 2. The third kappa shape index (κ3) is 11.7. The largest absolute Gasteiger partial charge is 0.389 e. The summed E-state index contributed by atoms with van der Waals surface area (Å²) in [6.45, 7) is 21.6. The van der Waals surface area contributed by atoms with Crippen molar-refractivity contribution in [3.8, 4) is 0 Å². The van der Waals surface area contributed by atoms with Crippen LogP contribution in [0.15, 0.2) is 131 Å². The van der Waals surface area contributed by atoms with Crippen LogP contribution in [-0.4, -0.2) is 22.4 Å². The van der Waals surface area contributed by atoms with E-state index in [0.717, 1.165) is 12.8 Å². The fourth-order valence-corrected chi connectivity index (χ4v) is 6.16. The van der Waals surface area contributed by atoms with E-state index in [9.17, 15) is 10.2 Å². The van der Waals surface area contributed by atoms with Gasteiger partial charge in [0.1, 0.15) is 0 Å². The van der Waals surface area contributed by atoms with Gasteiger partial charge in [-0.15, -0.1) is 0 Å². The Balaban J connectivity index is 1.89. The summed E-state index contributed by atoms with van der Waals surface area (Å²) in [5.74, 6) is 0.696. The molecule has 0 unspecified atom stereocenters. The number of aliphatic hydroxyl groups is 2. The van der Waals surface area contributed by atoms with Crippen molar-refractivity contribution < 1.29 is 10.2 Å². The Morgan fingerprint density at radius 3 is 1.21 bits per heavy atom. The molecule has 2 heteroatoms. The van der Waals surface area contributed by atoms with Crippen LogP contribution in [0.1, 0.15) is 82.1 Å². The summed E-state index contributed by atoms with van der Waals surface area (Å²) in [5, 5.41) is 20.1. The molecule has 0 heterocycles. The maximum Gasteiger partial charge on any atom is 0.0729 e. The average molecular weight is 569 g/mol. The molecule has 0 aromatic heterocycles. The average Bonchev–Trinajstić information content (AvgIpc) is 2.84. The molecule has 0 aromatic rings. The van der Waals surface area contributed by atoms with E-state index in [1.54, 1.807) is 0 Å². The maximum atomic E-state index is 10.1. The predicted molar refractivity (Wildman–Crippen MR) is 184 cm³/mol. The van der Waals surface area contributed by atoms with Crippen LogP contribution in [0.25, 0.3) is 0 Å². The fraction of sp³-hybridized carbons (Fsp3) is 0.450. The molecule has 2 rings (SSSR count). The molecule has 0 bridgehead atoms. The van der Waals surface area contributed by atoms with Crippen molar-refractivity contribution in [3.63, 3.8) is 0 Å². The molecule has 0 radical (unpaired) electrons. The van der Waals surface area contributed by atoms with E-state index >= 15 is 0 Å². The second kappa shape index (κ2) is 16.1. The van der Waals surface area contributed by atoms with Crippen molar-refractivity contribution in [1.82, 2.24) is 0 Å². The zero-order chi connectivity index (χ0) is 31.5. The highest BCUT2D eigenvalue weighted by atomic mass is 16.3. The Labute approximate surface area is 257 Å². The highest BCUT2D eigenvalue weighted by Gasteiger charge is 2.35. The van der Waals surface area contributed by atoms with Crippen molar-refractivity contribution in [2.75, 3.05) is 0 Å². The summed E-state index contributed by atoms with van der Waals surface area (Å²) in [5.41, 5.74) is 7.40. The summed E-state index contributed by atoms with van der Waals surface area (Å²) < 4.78 is 0. The van der Waals surface area contributed by atoms with E-state index in [4.69, 9.17) is 0 Å². The van der Waals surface area contributed by atoms with Crippen molar-refractivity contribution in [2.24, 2.45) is 22.7 Å². The second-order valence-electron chi connectivity index (χ2n) is 13.8. The summed E-state index contributed by atoms with van der Waals surface area (Å²) in [6, 6.07) is 0. The molecule has 0 amide bonds. The van der Waals surface area contributed by atoms with Crippen LogP contribution in [0, 0.1) is 22.7 Å². The van der Waals surface area contributed by atoms with Crippen molar-refractivity contribution >= 4 is 0 Å². The highest BCUT2D eigenvalue weighted by Crippen LogP contribution is 2.42. The van der Waals surface area contributed by atoms with Crippen LogP contribution >= 0.6 is 0 Å². The van der Waals surface area contributed by atoms with Crippen LogP contribution in [-0.2, 0) is 0 Å². The first-order chi connectivity index (χ1) is 19.6. The topological polar surface area (TPSA) is 40.5 Å². The third-order valence-electron chi connectivity index (χ3n) is 8.41. The Morgan fingerprint density at radius 2 is 0.881 bits per heavy atom. The molecule has 0 aromatic carbocycles. The van der Waals surface area contributed by atoms with E-state index in [1.165, 1.54) is 33.4 Å². The van der Waals surface area contributed by atoms with Gasteiger partial charge in [0.25, 0.3) is 0 Å². The Bertz CT molecular complexity index is 1160. The van der Waals surface area contributed by atoms with Crippen LogP contribution < -0.4 is 0 Å². The second-order valence-corrected chi connectivity index (χ2v) is 13.8. The Kier molecular flexibility index (Phi) is 13.5. The van der Waals surface area contributed by atoms with Crippen LogP contribution in [0.5, 0.6) is 0 Å². The first-order valence-electron chi connectivity index (χ1n) is 15.4. The summed E-state index contributed by atoms with van der Waals surface area (Å²) in [7, 11) is 0. The maximum absolute atomic E-state index is 10.1. The highest BCUT2D eigenvalue weighted by molar-refractivity contribution is 5.33. The molecule has 0 saturated heterocycles. The molecular weight excluding hydrogens is 512 g/mol. The number of allylic oxidation sites excluding steroid dienone is 20. The van der Waals surface area contributed by atoms with Crippen molar-refractivity contribution in [3.05, 3.63) is 131 Å². The lowest BCUT2D eigenvalue weighted by atomic mass is 9.67. The van der Waals surface area contributed by atoms with Gasteiger partial charge in [-0.05, 0) is 65.2 Å². The molecule has 0 saturated carbocycles. The van der Waals surface area contributed by atoms with Gasteiger partial charge in [-0.25, -0.2) is 0 Å². The van der Waals surface area contributed by atoms with Gasteiger partial charge in [0, 0.05) is 11.8 Å². The fourth-order valence-electron chi connectivity index (χ4n) is 6.16. The van der Waals surface area contributed by atoms with Gasteiger partial charge in [0.2, 0.25) is 0 Å². The minimum Gasteiger partial charge on any atom is -0.389 e. The summed E-state index contributed by atoms with van der Waals surface area (Å²) >= 11 is 0. The van der Waals surface area contributed by atoms with Crippen LogP contribution in [0.2, 0.25) is 0 Å². The van der Waals surface area contributed by atoms with E-state index in [1.807, 2.05) is 12.2 Å². The SMILES string of the molecule is CC(C=CC=C(C)C=C[C@H]1C(C)=C[C@H](O)CC1(C)C)=CC=CC=C(C)C=CC=C(C)C=C[C@H]1C(C)=C[C@H](O)CC1(C)C. The molecular formula is C40H56O2. The van der Waals surface area contributed by atoms with Crippen molar-refractivity contribution in [2.45, 2.75) is 94.3 Å². The van der Waals surface area contributed by atoms with Gasteiger partial charge < -0.3 is 10.2 Å². The third-order valence-corrected chi connectivity index (χ3v) is 8.41. The number of hydrogen-bond donors (Lipinski definition) is 2. The zero-order valence-electron chi connectivity index (χ0n) is 27.9. The van der Waals surface area contributed by atoms with Gasteiger partial charge in [-0.2, -0.15) is 0 Å². The van der Waals surface area contributed by atoms with Gasteiger partial charge in [-0.3, -0.25) is 0 Å². The number of rotatable bonds is 10. The Hall–Kier alpha value is -2.94. The summed E-state index contributed by atoms with van der Waals surface area (Å²) in [6.07, 6.45) is 35.0. The molecule has 2 aliphatic carbocycles. The molecule has 2 nitrogen and oxygen atoms in total. The lowest BCUT2D eigenvalue weighted by Crippen LogP contribution is -2.32. The minimum absolute atomic E-state index is 0.0574. The van der Waals surface area contributed by atoms with Gasteiger partial charge in [-0.1, -0.05) is 158 Å². The van der Waals surface area contributed by atoms with Gasteiger partial charge in [0.15, 0.2) is 0 Å². The predicted octanol–water partition coefficient (Wildman–Crippen LogP) is 10.3. The van der Waals surface area contributed by atoms with E-state index in [-0.39, 0.29) is 23.0 Å². The van der Waals surface area contributed by atoms with E-state index in [0.29, 0.717) is 11.8 Å². The Morgan fingerprint density at radius 1 is 0.571 bits per heavy atom. The van der Waals surface area contributed by atoms with Gasteiger partial charge in [0.05, 0.1) is 12.2 Å². The lowest BCUT2D eigenvalue weighted by Gasteiger charge is -2.38. The van der Waals surface area contributed by atoms with E-state index < -0.39 is 0 Å². The first-order valence-corrected chi connectivity index (χ1v) is 15.4. The molecule has 2 N–H and O–H groups in total. The minimum atomic E-state index is -0.331. The quantitative estimate of drug-likeness (QED) is 0.203. The molecule has 228 valence electrons. The molecule has 4 atom stereocenters. The monoisotopic (exact) mass is 568 g/mol. The lowest BCUT2D eigenvalue weighted by molar-refractivity contribution is 0.117. The smallest absolute Gasteiger partial charge is 0.0729 e. The summed E-state index contributed by atoms with van der Waals surface area (Å²) in [4.78, 5) is 0. The van der Waals surface area contributed by atoms with Crippen LogP contribution in [0.4, 0.5) is 0 Å². The van der Waals surface area contributed by atoms with Crippen molar-refractivity contribution in [1.29, 1.82) is 0 Å². The molecule has 0 fully saturated rings. The first kappa shape index (κ1) is 35.3. The van der Waals surface area contributed by atoms with Gasteiger partial charge >= 0.3 is 0 Å². The van der Waals surface area contributed by atoms with Crippen LogP contribution in [0.3, 0.4) is 0 Å².